The molecule has 0 radical (unpaired) electrons. The molecule has 0 bridgehead atoms. The second-order valence-corrected chi connectivity index (χ2v) is 8.12. The van der Waals surface area contributed by atoms with E-state index in [0.717, 1.165) is 51.7 Å². The van der Waals surface area contributed by atoms with Crippen LogP contribution in [-0.2, 0) is 14.3 Å². The number of hydrogen-bond acceptors (Lipinski definition) is 4. The molecule has 2 aliphatic heterocycles. The minimum absolute atomic E-state index is 0.140. The topological polar surface area (TPSA) is 53.1 Å². The zero-order chi connectivity index (χ0) is 17.9. The van der Waals surface area contributed by atoms with Gasteiger partial charge in [-0.25, -0.2) is 0 Å². The molecule has 2 saturated heterocycles. The lowest BCUT2D eigenvalue weighted by Gasteiger charge is -2.42. The third kappa shape index (κ3) is 4.00. The van der Waals surface area contributed by atoms with Crippen LogP contribution < -0.4 is 0 Å². The van der Waals surface area contributed by atoms with E-state index >= 15 is 0 Å². The van der Waals surface area contributed by atoms with Gasteiger partial charge in [0.25, 0.3) is 0 Å². The molecular weight excluding hydrogens is 318 g/mol. The Morgan fingerprint density at radius 1 is 1.24 bits per heavy atom. The standard InChI is InChI=1S/C19H33N3O3/c1-20(12-13-25-2)14-17(23)21-11-9-19(15-21)8-5-10-22(18(19)24)16-6-3-4-7-16/h16H,3-15H2,1-2H3/t19-/m0/s1. The third-order valence-electron chi connectivity index (χ3n) is 6.32. The van der Waals surface area contributed by atoms with E-state index < -0.39 is 0 Å². The zero-order valence-electron chi connectivity index (χ0n) is 15.8. The molecule has 25 heavy (non-hydrogen) atoms. The number of piperidine rings is 1. The Kier molecular flexibility index (Phi) is 6.00. The van der Waals surface area contributed by atoms with Gasteiger partial charge in [0.05, 0.1) is 18.6 Å². The Labute approximate surface area is 151 Å². The number of ether oxygens (including phenoxy) is 1. The Morgan fingerprint density at radius 3 is 2.72 bits per heavy atom. The minimum Gasteiger partial charge on any atom is -0.383 e. The molecule has 3 rings (SSSR count). The molecule has 6 nitrogen and oxygen atoms in total. The summed E-state index contributed by atoms with van der Waals surface area (Å²) in [6.07, 6.45) is 7.68. The SMILES string of the molecule is COCCN(C)CC(=O)N1CC[C@@]2(CCCN(C3CCCC3)C2=O)C1. The van der Waals surface area contributed by atoms with Gasteiger partial charge >= 0.3 is 0 Å². The molecule has 142 valence electrons. The van der Waals surface area contributed by atoms with Crippen LogP contribution in [0.25, 0.3) is 0 Å². The Hall–Kier alpha value is -1.14. The summed E-state index contributed by atoms with van der Waals surface area (Å²) >= 11 is 0. The number of likely N-dealkylation sites (N-methyl/N-ethyl adjacent to an activating group) is 1. The maximum absolute atomic E-state index is 13.2. The van der Waals surface area contributed by atoms with Gasteiger partial charge in [-0.2, -0.15) is 0 Å². The molecule has 1 atom stereocenters. The molecule has 0 N–H and O–H groups in total. The molecule has 1 spiro atoms. The summed E-state index contributed by atoms with van der Waals surface area (Å²) in [7, 11) is 3.61. The predicted molar refractivity (Wildman–Crippen MR) is 96.2 cm³/mol. The zero-order valence-corrected chi connectivity index (χ0v) is 15.8. The average Bonchev–Trinajstić information content (AvgIpc) is 3.26. The highest BCUT2D eigenvalue weighted by Crippen LogP contribution is 2.42. The van der Waals surface area contributed by atoms with Crippen LogP contribution in [0.4, 0.5) is 0 Å². The van der Waals surface area contributed by atoms with Gasteiger partial charge < -0.3 is 14.5 Å². The van der Waals surface area contributed by atoms with Crippen molar-refractivity contribution in [3.63, 3.8) is 0 Å². The summed E-state index contributed by atoms with van der Waals surface area (Å²) in [6.45, 7) is 4.03. The van der Waals surface area contributed by atoms with E-state index in [9.17, 15) is 9.59 Å². The van der Waals surface area contributed by atoms with Crippen LogP contribution in [-0.4, -0.2) is 86.0 Å². The minimum atomic E-state index is -0.304. The van der Waals surface area contributed by atoms with Crippen molar-refractivity contribution in [2.45, 2.75) is 51.0 Å². The van der Waals surface area contributed by atoms with Crippen molar-refractivity contribution < 1.29 is 14.3 Å². The fourth-order valence-electron chi connectivity index (χ4n) is 4.79. The van der Waals surface area contributed by atoms with Gasteiger partial charge in [-0.3, -0.25) is 14.5 Å². The molecule has 6 heteroatoms. The van der Waals surface area contributed by atoms with E-state index in [1.54, 1.807) is 7.11 Å². The fraction of sp³-hybridized carbons (Fsp3) is 0.895. The number of nitrogens with zero attached hydrogens (tertiary/aromatic N) is 3. The first kappa shape index (κ1) is 18.6. The monoisotopic (exact) mass is 351 g/mol. The fourth-order valence-corrected chi connectivity index (χ4v) is 4.79. The highest BCUT2D eigenvalue weighted by atomic mass is 16.5. The van der Waals surface area contributed by atoms with Gasteiger partial charge in [0.15, 0.2) is 0 Å². The number of carbonyl (C=O) groups excluding carboxylic acids is 2. The number of methoxy groups -OCH3 is 1. The molecule has 0 unspecified atom stereocenters. The summed E-state index contributed by atoms with van der Waals surface area (Å²) in [6, 6.07) is 0.453. The van der Waals surface area contributed by atoms with Gasteiger partial charge in [0.2, 0.25) is 11.8 Å². The summed E-state index contributed by atoms with van der Waals surface area (Å²) in [5.41, 5.74) is -0.304. The molecule has 0 aromatic rings. The highest BCUT2D eigenvalue weighted by Gasteiger charge is 2.50. The van der Waals surface area contributed by atoms with E-state index in [2.05, 4.69) is 4.90 Å². The van der Waals surface area contributed by atoms with Crippen LogP contribution in [0.15, 0.2) is 0 Å². The molecule has 0 aromatic heterocycles. The van der Waals surface area contributed by atoms with Gasteiger partial charge in [0.1, 0.15) is 0 Å². The van der Waals surface area contributed by atoms with E-state index in [-0.39, 0.29) is 11.3 Å². The predicted octanol–water partition coefficient (Wildman–Crippen LogP) is 1.35. The number of carbonyl (C=O) groups is 2. The molecule has 2 heterocycles. The lowest BCUT2D eigenvalue weighted by Crippen LogP contribution is -2.53. The van der Waals surface area contributed by atoms with E-state index in [1.807, 2.05) is 16.8 Å². The third-order valence-corrected chi connectivity index (χ3v) is 6.32. The molecule has 1 aliphatic carbocycles. The number of amides is 2. The highest BCUT2D eigenvalue weighted by molar-refractivity contribution is 5.86. The lowest BCUT2D eigenvalue weighted by atomic mass is 9.77. The Bertz CT molecular complexity index is 492. The van der Waals surface area contributed by atoms with Gasteiger partial charge in [0, 0.05) is 39.3 Å². The largest absolute Gasteiger partial charge is 0.383 e. The van der Waals surface area contributed by atoms with E-state index in [0.29, 0.717) is 31.6 Å². The van der Waals surface area contributed by atoms with Crippen LogP contribution in [0.2, 0.25) is 0 Å². The number of hydrogen-bond donors (Lipinski definition) is 0. The first-order chi connectivity index (χ1) is 12.1. The van der Waals surface area contributed by atoms with Crippen molar-refractivity contribution in [1.29, 1.82) is 0 Å². The molecule has 3 fully saturated rings. The van der Waals surface area contributed by atoms with E-state index in [4.69, 9.17) is 4.74 Å². The summed E-state index contributed by atoms with van der Waals surface area (Å²) < 4.78 is 5.07. The smallest absolute Gasteiger partial charge is 0.236 e. The summed E-state index contributed by atoms with van der Waals surface area (Å²) in [4.78, 5) is 31.9. The second kappa shape index (κ2) is 8.04. The molecule has 3 aliphatic rings. The maximum Gasteiger partial charge on any atom is 0.236 e. The van der Waals surface area contributed by atoms with E-state index in [1.165, 1.54) is 12.8 Å². The average molecular weight is 351 g/mol. The lowest BCUT2D eigenvalue weighted by molar-refractivity contribution is -0.148. The number of rotatable bonds is 6. The van der Waals surface area contributed by atoms with Crippen LogP contribution in [0.5, 0.6) is 0 Å². The Morgan fingerprint density at radius 2 is 2.00 bits per heavy atom. The van der Waals surface area contributed by atoms with Crippen LogP contribution >= 0.6 is 0 Å². The maximum atomic E-state index is 13.2. The normalized spacial score (nSPS) is 27.9. The second-order valence-electron chi connectivity index (χ2n) is 8.12. The van der Waals surface area contributed by atoms with Crippen LogP contribution in [0.3, 0.4) is 0 Å². The van der Waals surface area contributed by atoms with Crippen molar-refractivity contribution in [1.82, 2.24) is 14.7 Å². The van der Waals surface area contributed by atoms with Crippen molar-refractivity contribution in [2.24, 2.45) is 5.41 Å². The summed E-state index contributed by atoms with van der Waals surface area (Å²) in [5.74, 6) is 0.468. The van der Waals surface area contributed by atoms with Crippen LogP contribution in [0.1, 0.15) is 44.9 Å². The first-order valence-corrected chi connectivity index (χ1v) is 9.82. The molecule has 1 saturated carbocycles. The van der Waals surface area contributed by atoms with Gasteiger partial charge in [-0.1, -0.05) is 12.8 Å². The number of likely N-dealkylation sites (tertiary alicyclic amines) is 2. The summed E-state index contributed by atoms with van der Waals surface area (Å²) in [5, 5.41) is 0. The Balaban J connectivity index is 1.58. The van der Waals surface area contributed by atoms with Gasteiger partial charge in [-0.15, -0.1) is 0 Å². The van der Waals surface area contributed by atoms with Crippen LogP contribution in [0, 0.1) is 5.41 Å². The molecule has 2 amide bonds. The molecular formula is C19H33N3O3. The van der Waals surface area contributed by atoms with Crippen molar-refractivity contribution >= 4 is 11.8 Å². The van der Waals surface area contributed by atoms with Crippen molar-refractivity contribution in [3.05, 3.63) is 0 Å². The van der Waals surface area contributed by atoms with Gasteiger partial charge in [-0.05, 0) is 39.2 Å². The quantitative estimate of drug-likeness (QED) is 0.725. The first-order valence-electron chi connectivity index (χ1n) is 9.82. The van der Waals surface area contributed by atoms with Crippen molar-refractivity contribution in [3.8, 4) is 0 Å². The molecule has 0 aromatic carbocycles. The van der Waals surface area contributed by atoms with Crippen molar-refractivity contribution in [2.75, 3.05) is 53.5 Å².